The van der Waals surface area contributed by atoms with E-state index >= 15 is 0 Å². The predicted octanol–water partition coefficient (Wildman–Crippen LogP) is 1.75. The number of carbonyl (C=O) groups is 1. The molecule has 1 fully saturated rings. The lowest BCUT2D eigenvalue weighted by Crippen LogP contribution is -2.21. The monoisotopic (exact) mass is 186 g/mol. The minimum atomic E-state index is -0.197. The minimum Gasteiger partial charge on any atom is -0.356 e. The van der Waals surface area contributed by atoms with E-state index < -0.39 is 0 Å². The highest BCUT2D eigenvalue weighted by molar-refractivity contribution is 5.82. The molecule has 1 aliphatic rings. The predicted molar refractivity (Wildman–Crippen MR) is 49.4 cm³/mol. The molecule has 1 aliphatic carbocycles. The smallest absolute Gasteiger partial charge is 0.157 e. The zero-order chi connectivity index (χ0) is 9.68. The summed E-state index contributed by atoms with van der Waals surface area (Å²) in [5, 5.41) is 0. The fourth-order valence-electron chi connectivity index (χ4n) is 1.79. The lowest BCUT2D eigenvalue weighted by atomic mass is 10.0. The van der Waals surface area contributed by atoms with Crippen molar-refractivity contribution in [1.29, 1.82) is 0 Å². The van der Waals surface area contributed by atoms with E-state index in [0.29, 0.717) is 12.4 Å². The van der Waals surface area contributed by atoms with Gasteiger partial charge in [-0.2, -0.15) is 0 Å². The van der Waals surface area contributed by atoms with Gasteiger partial charge in [0.25, 0.3) is 0 Å². The van der Waals surface area contributed by atoms with Crippen molar-refractivity contribution in [2.45, 2.75) is 38.9 Å². The van der Waals surface area contributed by atoms with Gasteiger partial charge in [-0.15, -0.1) is 0 Å². The van der Waals surface area contributed by atoms with Gasteiger partial charge < -0.3 is 9.47 Å². The maximum atomic E-state index is 11.3. The van der Waals surface area contributed by atoms with Gasteiger partial charge >= 0.3 is 0 Å². The van der Waals surface area contributed by atoms with E-state index in [1.807, 2.05) is 6.92 Å². The highest BCUT2D eigenvalue weighted by Crippen LogP contribution is 2.26. The Labute approximate surface area is 79.4 Å². The summed E-state index contributed by atoms with van der Waals surface area (Å²) in [6, 6.07) is 0. The van der Waals surface area contributed by atoms with Crippen molar-refractivity contribution in [3.8, 4) is 0 Å². The molecule has 0 heterocycles. The van der Waals surface area contributed by atoms with Crippen molar-refractivity contribution in [3.05, 3.63) is 0 Å². The van der Waals surface area contributed by atoms with Crippen LogP contribution in [0.15, 0.2) is 0 Å². The Morgan fingerprint density at radius 3 is 2.85 bits per heavy atom. The summed E-state index contributed by atoms with van der Waals surface area (Å²) in [6.07, 6.45) is 3.31. The molecule has 0 aromatic rings. The summed E-state index contributed by atoms with van der Waals surface area (Å²) >= 11 is 0. The van der Waals surface area contributed by atoms with Crippen LogP contribution < -0.4 is 0 Å². The molecule has 0 aromatic heterocycles. The molecular weight excluding hydrogens is 168 g/mol. The zero-order valence-electron chi connectivity index (χ0n) is 8.41. The molecule has 3 nitrogen and oxygen atoms in total. The van der Waals surface area contributed by atoms with Gasteiger partial charge in [-0.1, -0.05) is 0 Å². The first-order valence-corrected chi connectivity index (χ1v) is 4.95. The second-order valence-corrected chi connectivity index (χ2v) is 3.41. The molecule has 2 atom stereocenters. The Morgan fingerprint density at radius 1 is 1.62 bits per heavy atom. The fraction of sp³-hybridized carbons (Fsp3) is 0.900. The highest BCUT2D eigenvalue weighted by atomic mass is 16.7. The molecular formula is C10H18O3. The normalized spacial score (nSPS) is 25.1. The van der Waals surface area contributed by atoms with Crippen molar-refractivity contribution < 1.29 is 14.3 Å². The van der Waals surface area contributed by atoms with Crippen LogP contribution in [-0.2, 0) is 14.3 Å². The van der Waals surface area contributed by atoms with Crippen molar-refractivity contribution in [3.63, 3.8) is 0 Å². The van der Waals surface area contributed by atoms with Crippen LogP contribution in [-0.4, -0.2) is 25.8 Å². The first-order chi connectivity index (χ1) is 6.27. The molecule has 13 heavy (non-hydrogen) atoms. The van der Waals surface area contributed by atoms with E-state index in [4.69, 9.17) is 9.47 Å². The van der Waals surface area contributed by atoms with Crippen molar-refractivity contribution in [1.82, 2.24) is 0 Å². The maximum absolute atomic E-state index is 11.3. The van der Waals surface area contributed by atoms with Crippen LogP contribution in [0.4, 0.5) is 0 Å². The topological polar surface area (TPSA) is 35.5 Å². The zero-order valence-corrected chi connectivity index (χ0v) is 8.41. The third-order valence-corrected chi connectivity index (χ3v) is 2.52. The first-order valence-electron chi connectivity index (χ1n) is 4.95. The molecule has 0 saturated heterocycles. The molecule has 0 bridgehead atoms. The number of ether oxygens (including phenoxy) is 2. The molecule has 0 aliphatic heterocycles. The SMILES string of the molecule is CCOC(CC1CCCC1=O)OC. The quantitative estimate of drug-likeness (QED) is 0.614. The summed E-state index contributed by atoms with van der Waals surface area (Å²) in [7, 11) is 1.62. The van der Waals surface area contributed by atoms with Crippen LogP contribution in [0.25, 0.3) is 0 Å². The van der Waals surface area contributed by atoms with Gasteiger partial charge in [-0.05, 0) is 19.8 Å². The average molecular weight is 186 g/mol. The van der Waals surface area contributed by atoms with Gasteiger partial charge in [0.05, 0.1) is 0 Å². The number of Topliss-reactive ketones (excluding diaryl/α,β-unsaturated/α-hetero) is 1. The Kier molecular flexibility index (Phi) is 4.39. The summed E-state index contributed by atoms with van der Waals surface area (Å²) < 4.78 is 10.5. The van der Waals surface area contributed by atoms with Crippen LogP contribution in [0.1, 0.15) is 32.6 Å². The Balaban J connectivity index is 2.31. The Morgan fingerprint density at radius 2 is 2.38 bits per heavy atom. The van der Waals surface area contributed by atoms with Crippen molar-refractivity contribution in [2.75, 3.05) is 13.7 Å². The van der Waals surface area contributed by atoms with E-state index in [2.05, 4.69) is 0 Å². The number of hydrogen-bond donors (Lipinski definition) is 0. The van der Waals surface area contributed by atoms with E-state index in [9.17, 15) is 4.79 Å². The lowest BCUT2D eigenvalue weighted by molar-refractivity contribution is -0.140. The van der Waals surface area contributed by atoms with Gasteiger partial charge in [0, 0.05) is 32.5 Å². The van der Waals surface area contributed by atoms with Gasteiger partial charge in [-0.25, -0.2) is 0 Å². The standard InChI is InChI=1S/C10H18O3/c1-3-13-10(12-2)7-8-5-4-6-9(8)11/h8,10H,3-7H2,1-2H3. The van der Waals surface area contributed by atoms with Crippen molar-refractivity contribution in [2.24, 2.45) is 5.92 Å². The molecule has 0 radical (unpaired) electrons. The Hall–Kier alpha value is -0.410. The second kappa shape index (κ2) is 5.35. The highest BCUT2D eigenvalue weighted by Gasteiger charge is 2.27. The van der Waals surface area contributed by atoms with Crippen LogP contribution in [0.3, 0.4) is 0 Å². The molecule has 0 aromatic carbocycles. The summed E-state index contributed by atoms with van der Waals surface area (Å²) in [5.74, 6) is 0.554. The molecule has 2 unspecified atom stereocenters. The van der Waals surface area contributed by atoms with Gasteiger partial charge in [-0.3, -0.25) is 4.79 Å². The van der Waals surface area contributed by atoms with Crippen LogP contribution in [0.5, 0.6) is 0 Å². The lowest BCUT2D eigenvalue weighted by Gasteiger charge is -2.17. The largest absolute Gasteiger partial charge is 0.356 e. The number of hydrogen-bond acceptors (Lipinski definition) is 3. The molecule has 0 N–H and O–H groups in total. The average Bonchev–Trinajstić information content (AvgIpc) is 2.51. The summed E-state index contributed by atoms with van der Waals surface area (Å²) in [5.41, 5.74) is 0. The van der Waals surface area contributed by atoms with E-state index in [1.54, 1.807) is 7.11 Å². The number of carbonyl (C=O) groups excluding carboxylic acids is 1. The fourth-order valence-corrected chi connectivity index (χ4v) is 1.79. The number of ketones is 1. The molecule has 1 rings (SSSR count). The number of rotatable bonds is 5. The molecule has 0 spiro atoms. The van der Waals surface area contributed by atoms with Crippen LogP contribution in [0, 0.1) is 5.92 Å². The molecule has 76 valence electrons. The first kappa shape index (κ1) is 10.7. The molecule has 0 amide bonds. The molecule has 1 saturated carbocycles. The van der Waals surface area contributed by atoms with E-state index in [1.165, 1.54) is 0 Å². The van der Waals surface area contributed by atoms with Gasteiger partial charge in [0.1, 0.15) is 5.78 Å². The van der Waals surface area contributed by atoms with Crippen molar-refractivity contribution >= 4 is 5.78 Å². The molecule has 3 heteroatoms. The minimum absolute atomic E-state index is 0.177. The maximum Gasteiger partial charge on any atom is 0.157 e. The summed E-state index contributed by atoms with van der Waals surface area (Å²) in [6.45, 7) is 2.57. The van der Waals surface area contributed by atoms with E-state index in [0.717, 1.165) is 25.7 Å². The summed E-state index contributed by atoms with van der Waals surface area (Å²) in [4.78, 5) is 11.3. The van der Waals surface area contributed by atoms with E-state index in [-0.39, 0.29) is 12.2 Å². The van der Waals surface area contributed by atoms with Crippen LogP contribution >= 0.6 is 0 Å². The van der Waals surface area contributed by atoms with Crippen LogP contribution in [0.2, 0.25) is 0 Å². The third-order valence-electron chi connectivity index (χ3n) is 2.52. The Bertz CT molecular complexity index is 168. The second-order valence-electron chi connectivity index (χ2n) is 3.41. The van der Waals surface area contributed by atoms with Gasteiger partial charge in [0.2, 0.25) is 0 Å². The number of methoxy groups -OCH3 is 1. The van der Waals surface area contributed by atoms with Gasteiger partial charge in [0.15, 0.2) is 6.29 Å². The third kappa shape index (κ3) is 3.08.